The summed E-state index contributed by atoms with van der Waals surface area (Å²) in [7, 11) is 0. The van der Waals surface area contributed by atoms with Gasteiger partial charge >= 0.3 is 0 Å². The van der Waals surface area contributed by atoms with Gasteiger partial charge in [-0.1, -0.05) is 6.07 Å². The molecule has 114 valence electrons. The van der Waals surface area contributed by atoms with E-state index in [1.807, 2.05) is 42.5 Å². The second kappa shape index (κ2) is 7.18. The van der Waals surface area contributed by atoms with Crippen LogP contribution >= 0.6 is 0 Å². The van der Waals surface area contributed by atoms with Crippen LogP contribution in [0.25, 0.3) is 0 Å². The van der Waals surface area contributed by atoms with Gasteiger partial charge in [-0.3, -0.25) is 9.78 Å². The molecule has 1 aliphatic rings. The molecule has 0 amide bonds. The van der Waals surface area contributed by atoms with Gasteiger partial charge in [0.1, 0.15) is 12.4 Å². The number of nitrogens with zero attached hydrogens (tertiary/aromatic N) is 1. The number of carbonyl (C=O) groups is 1. The Kier molecular flexibility index (Phi) is 4.81. The predicted molar refractivity (Wildman–Crippen MR) is 82.9 cm³/mol. The lowest BCUT2D eigenvalue weighted by atomic mass is 9.91. The molecule has 4 heteroatoms. The molecule has 1 aromatic heterocycles. The minimum absolute atomic E-state index is 0.0917. The summed E-state index contributed by atoms with van der Waals surface area (Å²) in [6.07, 6.45) is 3.38. The summed E-state index contributed by atoms with van der Waals surface area (Å²) >= 11 is 0. The van der Waals surface area contributed by atoms with E-state index in [0.717, 1.165) is 29.8 Å². The highest BCUT2D eigenvalue weighted by molar-refractivity contribution is 5.98. The van der Waals surface area contributed by atoms with E-state index in [4.69, 9.17) is 9.47 Å². The minimum Gasteiger partial charge on any atom is -0.487 e. The second-order valence-electron chi connectivity index (χ2n) is 5.39. The number of aromatic nitrogens is 1. The summed E-state index contributed by atoms with van der Waals surface area (Å²) in [5.41, 5.74) is 1.63. The molecule has 3 rings (SSSR count). The average molecular weight is 297 g/mol. The number of benzene rings is 1. The Bertz CT molecular complexity index is 604. The summed E-state index contributed by atoms with van der Waals surface area (Å²) in [5.74, 6) is 1.04. The van der Waals surface area contributed by atoms with Gasteiger partial charge in [0.25, 0.3) is 0 Å². The number of pyridine rings is 1. The lowest BCUT2D eigenvalue weighted by Gasteiger charge is -2.20. The van der Waals surface area contributed by atoms with Gasteiger partial charge in [0.15, 0.2) is 5.78 Å². The van der Waals surface area contributed by atoms with Crippen LogP contribution in [0.3, 0.4) is 0 Å². The van der Waals surface area contributed by atoms with Crippen LogP contribution in [0.1, 0.15) is 28.9 Å². The van der Waals surface area contributed by atoms with Gasteiger partial charge in [0.05, 0.1) is 5.69 Å². The second-order valence-corrected chi connectivity index (χ2v) is 5.39. The third-order valence-corrected chi connectivity index (χ3v) is 3.84. The molecule has 22 heavy (non-hydrogen) atoms. The van der Waals surface area contributed by atoms with Crippen molar-refractivity contribution < 1.29 is 14.3 Å². The van der Waals surface area contributed by atoms with E-state index < -0.39 is 0 Å². The highest BCUT2D eigenvalue weighted by atomic mass is 16.5. The van der Waals surface area contributed by atoms with E-state index in [-0.39, 0.29) is 11.7 Å². The molecule has 1 fully saturated rings. The molecule has 0 bridgehead atoms. The molecule has 0 aliphatic carbocycles. The Morgan fingerprint density at radius 2 is 1.91 bits per heavy atom. The zero-order valence-electron chi connectivity index (χ0n) is 12.4. The normalized spacial score (nSPS) is 15.5. The lowest BCUT2D eigenvalue weighted by Crippen LogP contribution is -2.23. The van der Waals surface area contributed by atoms with Crippen molar-refractivity contribution in [2.75, 3.05) is 13.2 Å². The van der Waals surface area contributed by atoms with Crippen molar-refractivity contribution in [1.82, 2.24) is 4.98 Å². The fourth-order valence-electron chi connectivity index (χ4n) is 2.55. The summed E-state index contributed by atoms with van der Waals surface area (Å²) < 4.78 is 11.0. The summed E-state index contributed by atoms with van der Waals surface area (Å²) in [5, 5.41) is 0. The Morgan fingerprint density at radius 3 is 2.59 bits per heavy atom. The molecule has 0 atom stereocenters. The molecular formula is C18H19NO3. The molecule has 0 radical (unpaired) electrons. The summed E-state index contributed by atoms with van der Waals surface area (Å²) in [4.78, 5) is 16.6. The Hall–Kier alpha value is -2.20. The molecule has 1 saturated heterocycles. The first-order chi connectivity index (χ1) is 10.8. The van der Waals surface area contributed by atoms with Crippen molar-refractivity contribution in [3.05, 3.63) is 59.9 Å². The number of ether oxygens (including phenoxy) is 2. The van der Waals surface area contributed by atoms with Crippen LogP contribution in [0.5, 0.6) is 5.75 Å². The number of rotatable bonds is 5. The molecule has 0 saturated carbocycles. The largest absolute Gasteiger partial charge is 0.487 e. The summed E-state index contributed by atoms with van der Waals surface area (Å²) in [6, 6.07) is 13.1. The van der Waals surface area contributed by atoms with Crippen molar-refractivity contribution in [2.24, 2.45) is 5.92 Å². The van der Waals surface area contributed by atoms with Gasteiger partial charge in [-0.2, -0.15) is 0 Å². The van der Waals surface area contributed by atoms with Gasteiger partial charge in [-0.05, 0) is 49.2 Å². The van der Waals surface area contributed by atoms with Crippen LogP contribution in [0.2, 0.25) is 0 Å². The number of hydrogen-bond acceptors (Lipinski definition) is 4. The molecule has 1 aromatic carbocycles. The van der Waals surface area contributed by atoms with E-state index in [9.17, 15) is 4.79 Å². The first kappa shape index (κ1) is 14.7. The van der Waals surface area contributed by atoms with Crippen LogP contribution < -0.4 is 4.74 Å². The topological polar surface area (TPSA) is 48.4 Å². The van der Waals surface area contributed by atoms with E-state index >= 15 is 0 Å². The quantitative estimate of drug-likeness (QED) is 0.795. The van der Waals surface area contributed by atoms with Gasteiger partial charge < -0.3 is 9.47 Å². The van der Waals surface area contributed by atoms with Crippen LogP contribution in [0.4, 0.5) is 0 Å². The van der Waals surface area contributed by atoms with Gasteiger partial charge in [0, 0.05) is 30.9 Å². The van der Waals surface area contributed by atoms with Gasteiger partial charge in [-0.15, -0.1) is 0 Å². The SMILES string of the molecule is O=C(c1ccc(OCc2ccccn2)cc1)C1CCOCC1. The lowest BCUT2D eigenvalue weighted by molar-refractivity contribution is 0.0545. The third kappa shape index (κ3) is 3.71. The molecule has 2 heterocycles. The number of carbonyl (C=O) groups excluding carboxylic acids is 1. The monoisotopic (exact) mass is 297 g/mol. The first-order valence-corrected chi connectivity index (χ1v) is 7.57. The molecule has 0 unspecified atom stereocenters. The molecule has 0 N–H and O–H groups in total. The number of hydrogen-bond donors (Lipinski definition) is 0. The highest BCUT2D eigenvalue weighted by Gasteiger charge is 2.22. The van der Waals surface area contributed by atoms with Crippen molar-refractivity contribution >= 4 is 5.78 Å². The first-order valence-electron chi connectivity index (χ1n) is 7.57. The maximum Gasteiger partial charge on any atom is 0.166 e. The smallest absolute Gasteiger partial charge is 0.166 e. The molecule has 4 nitrogen and oxygen atoms in total. The Labute approximate surface area is 130 Å². The number of Topliss-reactive ketones (excluding diaryl/α,β-unsaturated/α-hetero) is 1. The van der Waals surface area contributed by atoms with Crippen molar-refractivity contribution in [2.45, 2.75) is 19.4 Å². The highest BCUT2D eigenvalue weighted by Crippen LogP contribution is 2.22. The van der Waals surface area contributed by atoms with Crippen LogP contribution in [0.15, 0.2) is 48.7 Å². The molecule has 1 aliphatic heterocycles. The van der Waals surface area contributed by atoms with E-state index in [1.165, 1.54) is 0 Å². The van der Waals surface area contributed by atoms with Crippen LogP contribution in [-0.4, -0.2) is 24.0 Å². The summed E-state index contributed by atoms with van der Waals surface area (Å²) in [6.45, 7) is 1.79. The maximum absolute atomic E-state index is 12.4. The third-order valence-electron chi connectivity index (χ3n) is 3.84. The fourth-order valence-corrected chi connectivity index (χ4v) is 2.55. The van der Waals surface area contributed by atoms with Gasteiger partial charge in [-0.25, -0.2) is 0 Å². The van der Waals surface area contributed by atoms with Crippen molar-refractivity contribution in [1.29, 1.82) is 0 Å². The van der Waals surface area contributed by atoms with E-state index in [1.54, 1.807) is 6.20 Å². The molecular weight excluding hydrogens is 278 g/mol. The predicted octanol–water partition coefficient (Wildman–Crippen LogP) is 3.27. The van der Waals surface area contributed by atoms with E-state index in [0.29, 0.717) is 19.8 Å². The fraction of sp³-hybridized carbons (Fsp3) is 0.333. The number of ketones is 1. The van der Waals surface area contributed by atoms with Crippen LogP contribution in [0, 0.1) is 5.92 Å². The van der Waals surface area contributed by atoms with Crippen LogP contribution in [-0.2, 0) is 11.3 Å². The molecule has 0 spiro atoms. The zero-order chi connectivity index (χ0) is 15.2. The van der Waals surface area contributed by atoms with Crippen molar-refractivity contribution in [3.8, 4) is 5.75 Å². The standard InChI is InChI=1S/C18H19NO3/c20-18(15-8-11-21-12-9-15)14-4-6-17(7-5-14)22-13-16-3-1-2-10-19-16/h1-7,10,15H,8-9,11-13H2. The van der Waals surface area contributed by atoms with Crippen molar-refractivity contribution in [3.63, 3.8) is 0 Å². The zero-order valence-corrected chi connectivity index (χ0v) is 12.4. The molecule has 2 aromatic rings. The average Bonchev–Trinajstić information content (AvgIpc) is 2.61. The minimum atomic E-state index is 0.0917. The Balaban J connectivity index is 1.59. The Morgan fingerprint density at radius 1 is 1.14 bits per heavy atom. The maximum atomic E-state index is 12.4. The van der Waals surface area contributed by atoms with E-state index in [2.05, 4.69) is 4.98 Å². The van der Waals surface area contributed by atoms with Gasteiger partial charge in [0.2, 0.25) is 0 Å².